The zero-order valence-corrected chi connectivity index (χ0v) is 12.7. The van der Waals surface area contributed by atoms with Crippen molar-refractivity contribution in [1.82, 2.24) is 15.1 Å². The van der Waals surface area contributed by atoms with Gasteiger partial charge in [0.25, 0.3) is 0 Å². The van der Waals surface area contributed by atoms with Crippen LogP contribution >= 0.6 is 0 Å². The molecular weight excluding hydrogens is 240 g/mol. The molecule has 1 aliphatic heterocycles. The molecule has 0 spiro atoms. The number of amides is 1. The summed E-state index contributed by atoms with van der Waals surface area (Å²) >= 11 is 0. The fraction of sp³-hybridized carbons (Fsp3) is 0.929. The van der Waals surface area contributed by atoms with Crippen molar-refractivity contribution < 1.29 is 4.79 Å². The van der Waals surface area contributed by atoms with Gasteiger partial charge in [0.1, 0.15) is 5.54 Å². The summed E-state index contributed by atoms with van der Waals surface area (Å²) in [5, 5.41) is 3.23. The Kier molecular flexibility index (Phi) is 3.91. The summed E-state index contributed by atoms with van der Waals surface area (Å²) < 4.78 is 0. The standard InChI is InChI=1S/C14H28N4O/c1-13(2)9-18(8-7-17(13)4)10-14(16-3,12(15)19)11-5-6-11/h11,16H,5-10H2,1-4H3,(H2,15,19). The first-order valence-electron chi connectivity index (χ1n) is 7.24. The number of hydrogen-bond acceptors (Lipinski definition) is 4. The van der Waals surface area contributed by atoms with E-state index < -0.39 is 5.54 Å². The molecule has 1 aliphatic carbocycles. The third-order valence-corrected chi connectivity index (χ3v) is 5.03. The Labute approximate surface area is 116 Å². The largest absolute Gasteiger partial charge is 0.368 e. The lowest BCUT2D eigenvalue weighted by Gasteiger charge is -2.47. The third-order valence-electron chi connectivity index (χ3n) is 5.03. The van der Waals surface area contributed by atoms with Crippen molar-refractivity contribution >= 4 is 5.91 Å². The summed E-state index contributed by atoms with van der Waals surface area (Å²) in [7, 11) is 4.03. The topological polar surface area (TPSA) is 61.6 Å². The molecule has 3 N–H and O–H groups in total. The van der Waals surface area contributed by atoms with E-state index in [4.69, 9.17) is 5.73 Å². The van der Waals surface area contributed by atoms with Gasteiger partial charge in [0, 0.05) is 31.7 Å². The van der Waals surface area contributed by atoms with Crippen LogP contribution in [0.3, 0.4) is 0 Å². The number of hydrogen-bond donors (Lipinski definition) is 2. The highest BCUT2D eigenvalue weighted by Gasteiger charge is 2.50. The first kappa shape index (κ1) is 14.8. The van der Waals surface area contributed by atoms with Crippen LogP contribution in [-0.4, -0.2) is 67.1 Å². The third kappa shape index (κ3) is 2.78. The van der Waals surface area contributed by atoms with Crippen molar-refractivity contribution in [3.05, 3.63) is 0 Å². The van der Waals surface area contributed by atoms with E-state index in [9.17, 15) is 4.79 Å². The molecular formula is C14H28N4O. The number of carbonyl (C=O) groups excluding carboxylic acids is 1. The van der Waals surface area contributed by atoms with Crippen molar-refractivity contribution in [2.75, 3.05) is 40.3 Å². The zero-order valence-electron chi connectivity index (χ0n) is 12.7. The normalized spacial score (nSPS) is 28.0. The quantitative estimate of drug-likeness (QED) is 0.729. The highest BCUT2D eigenvalue weighted by atomic mass is 16.1. The second kappa shape index (κ2) is 5.04. The summed E-state index contributed by atoms with van der Waals surface area (Å²) in [5.41, 5.74) is 5.31. The molecule has 5 nitrogen and oxygen atoms in total. The van der Waals surface area contributed by atoms with Crippen LogP contribution < -0.4 is 11.1 Å². The van der Waals surface area contributed by atoms with Crippen molar-refractivity contribution in [1.29, 1.82) is 0 Å². The van der Waals surface area contributed by atoms with E-state index in [0.29, 0.717) is 5.92 Å². The average Bonchev–Trinajstić information content (AvgIpc) is 3.14. The van der Waals surface area contributed by atoms with Crippen LogP contribution in [0.15, 0.2) is 0 Å². The van der Waals surface area contributed by atoms with E-state index in [0.717, 1.165) is 39.0 Å². The molecule has 1 saturated carbocycles. The Hall–Kier alpha value is -0.650. The monoisotopic (exact) mass is 268 g/mol. The maximum Gasteiger partial charge on any atom is 0.239 e. The molecule has 19 heavy (non-hydrogen) atoms. The van der Waals surface area contributed by atoms with Gasteiger partial charge in [0.05, 0.1) is 0 Å². The molecule has 1 heterocycles. The van der Waals surface area contributed by atoms with Crippen molar-refractivity contribution in [3.63, 3.8) is 0 Å². The molecule has 0 aromatic heterocycles. The van der Waals surface area contributed by atoms with Gasteiger partial charge in [-0.3, -0.25) is 14.6 Å². The van der Waals surface area contributed by atoms with Crippen LogP contribution in [0.2, 0.25) is 0 Å². The van der Waals surface area contributed by atoms with Gasteiger partial charge >= 0.3 is 0 Å². The van der Waals surface area contributed by atoms with Crippen LogP contribution in [0.1, 0.15) is 26.7 Å². The summed E-state index contributed by atoms with van der Waals surface area (Å²) in [5.74, 6) is 0.215. The van der Waals surface area contributed by atoms with Gasteiger partial charge in [-0.2, -0.15) is 0 Å². The highest BCUT2D eigenvalue weighted by Crippen LogP contribution is 2.40. The number of nitrogens with one attached hydrogen (secondary N) is 1. The average molecular weight is 268 g/mol. The van der Waals surface area contributed by atoms with Crippen LogP contribution in [0.4, 0.5) is 0 Å². The Balaban J connectivity index is 2.08. The predicted molar refractivity (Wildman–Crippen MR) is 76.9 cm³/mol. The molecule has 0 radical (unpaired) electrons. The van der Waals surface area contributed by atoms with Crippen LogP contribution in [-0.2, 0) is 4.79 Å². The number of likely N-dealkylation sites (N-methyl/N-ethyl adjacent to an activating group) is 2. The number of piperazine rings is 1. The minimum absolute atomic E-state index is 0.152. The van der Waals surface area contributed by atoms with Crippen LogP contribution in [0, 0.1) is 5.92 Å². The number of nitrogens with zero attached hydrogens (tertiary/aromatic N) is 2. The van der Waals surface area contributed by atoms with Crippen LogP contribution in [0.25, 0.3) is 0 Å². The van der Waals surface area contributed by atoms with E-state index in [2.05, 4.69) is 36.0 Å². The van der Waals surface area contributed by atoms with Gasteiger partial charge < -0.3 is 11.1 Å². The van der Waals surface area contributed by atoms with Gasteiger partial charge in [0.2, 0.25) is 5.91 Å². The van der Waals surface area contributed by atoms with Gasteiger partial charge in [0.15, 0.2) is 0 Å². The molecule has 110 valence electrons. The second-order valence-corrected chi connectivity index (χ2v) is 6.80. The molecule has 2 aliphatic rings. The number of rotatable bonds is 5. The van der Waals surface area contributed by atoms with E-state index in [1.54, 1.807) is 0 Å². The van der Waals surface area contributed by atoms with E-state index >= 15 is 0 Å². The highest BCUT2D eigenvalue weighted by molar-refractivity contribution is 5.86. The minimum atomic E-state index is -0.536. The number of carbonyl (C=O) groups is 1. The molecule has 0 aromatic carbocycles. The van der Waals surface area contributed by atoms with Gasteiger partial charge in [-0.1, -0.05) is 0 Å². The summed E-state index contributed by atoms with van der Waals surface area (Å²) in [6.07, 6.45) is 2.22. The molecule has 1 amide bonds. The second-order valence-electron chi connectivity index (χ2n) is 6.80. The predicted octanol–water partition coefficient (Wildman–Crippen LogP) is -0.134. The molecule has 2 rings (SSSR count). The number of primary amides is 1. The molecule has 5 heteroatoms. The van der Waals surface area contributed by atoms with Crippen molar-refractivity contribution in [3.8, 4) is 0 Å². The molecule has 1 unspecified atom stereocenters. The Bertz CT molecular complexity index is 353. The van der Waals surface area contributed by atoms with E-state index in [-0.39, 0.29) is 11.4 Å². The molecule has 0 aromatic rings. The Morgan fingerprint density at radius 1 is 1.42 bits per heavy atom. The maximum absolute atomic E-state index is 12.0. The van der Waals surface area contributed by atoms with Crippen molar-refractivity contribution in [2.24, 2.45) is 11.7 Å². The first-order chi connectivity index (χ1) is 8.82. The first-order valence-corrected chi connectivity index (χ1v) is 7.24. The Morgan fingerprint density at radius 3 is 2.47 bits per heavy atom. The summed E-state index contributed by atoms with van der Waals surface area (Å²) in [4.78, 5) is 16.7. The lowest BCUT2D eigenvalue weighted by atomic mass is 9.90. The zero-order chi connectivity index (χ0) is 14.3. The smallest absolute Gasteiger partial charge is 0.239 e. The summed E-state index contributed by atoms with van der Waals surface area (Å²) in [6, 6.07) is 0. The van der Waals surface area contributed by atoms with E-state index in [1.807, 2.05) is 7.05 Å². The Morgan fingerprint density at radius 2 is 2.05 bits per heavy atom. The van der Waals surface area contributed by atoms with Gasteiger partial charge in [-0.05, 0) is 46.7 Å². The maximum atomic E-state index is 12.0. The molecule has 2 fully saturated rings. The van der Waals surface area contributed by atoms with Crippen molar-refractivity contribution in [2.45, 2.75) is 37.8 Å². The molecule has 1 atom stereocenters. The summed E-state index contributed by atoms with van der Waals surface area (Å²) in [6.45, 7) is 8.26. The van der Waals surface area contributed by atoms with Gasteiger partial charge in [-0.15, -0.1) is 0 Å². The molecule has 0 bridgehead atoms. The number of nitrogens with two attached hydrogens (primary N) is 1. The fourth-order valence-corrected chi connectivity index (χ4v) is 3.22. The minimum Gasteiger partial charge on any atom is -0.368 e. The van der Waals surface area contributed by atoms with Crippen LogP contribution in [0.5, 0.6) is 0 Å². The fourth-order valence-electron chi connectivity index (χ4n) is 3.22. The lowest BCUT2D eigenvalue weighted by Crippen LogP contribution is -2.66. The molecule has 1 saturated heterocycles. The van der Waals surface area contributed by atoms with Gasteiger partial charge in [-0.25, -0.2) is 0 Å². The SMILES string of the molecule is CNC(CN1CCN(C)C(C)(C)C1)(C(N)=O)C1CC1. The lowest BCUT2D eigenvalue weighted by molar-refractivity contribution is -0.126. The van der Waals surface area contributed by atoms with E-state index in [1.165, 1.54) is 0 Å².